The molecular weight excluding hydrogens is 380 g/mol. The number of benzene rings is 1. The third kappa shape index (κ3) is 5.49. The van der Waals surface area contributed by atoms with Crippen LogP contribution in [0.2, 0.25) is 0 Å². The van der Waals surface area contributed by atoms with Crippen LogP contribution in [0, 0.1) is 31.1 Å². The fraction of sp³-hybridized carbons (Fsp3) is 0.435. The number of rotatable bonds is 9. The number of ether oxygens (including phenoxy) is 1. The van der Waals surface area contributed by atoms with Gasteiger partial charge in [-0.1, -0.05) is 44.2 Å². The van der Waals surface area contributed by atoms with Gasteiger partial charge in [0.25, 0.3) is 0 Å². The molecule has 0 saturated heterocycles. The van der Waals surface area contributed by atoms with Crippen LogP contribution in [0.5, 0.6) is 0 Å². The number of methoxy groups -OCH3 is 1. The topological polar surface area (TPSA) is 87.4 Å². The van der Waals surface area contributed by atoms with E-state index in [1.54, 1.807) is 6.92 Å². The van der Waals surface area contributed by atoms with E-state index >= 15 is 0 Å². The Morgan fingerprint density at radius 2 is 1.93 bits per heavy atom. The van der Waals surface area contributed by atoms with Gasteiger partial charge in [-0.25, -0.2) is 0 Å². The third-order valence-electron chi connectivity index (χ3n) is 5.33. The normalized spacial score (nSPS) is 11.8. The molecule has 30 heavy (non-hydrogen) atoms. The molecule has 1 atom stereocenters. The molecule has 1 heterocycles. The predicted molar refractivity (Wildman–Crippen MR) is 116 cm³/mol. The fourth-order valence-corrected chi connectivity index (χ4v) is 3.44. The summed E-state index contributed by atoms with van der Waals surface area (Å²) < 4.78 is 6.74. The zero-order chi connectivity index (χ0) is 22.3. The number of likely N-dealkylation sites (N-methyl/N-ethyl adjacent to an activating group) is 1. The van der Waals surface area contributed by atoms with Gasteiger partial charge in [-0.2, -0.15) is 5.26 Å². The van der Waals surface area contributed by atoms with Gasteiger partial charge in [0.2, 0.25) is 5.91 Å². The average Bonchev–Trinajstić information content (AvgIpc) is 2.96. The second kappa shape index (κ2) is 10.6. The molecule has 1 aromatic carbocycles. The minimum Gasteiger partial charge on any atom is -0.469 e. The fourth-order valence-electron chi connectivity index (χ4n) is 3.44. The Morgan fingerprint density at radius 1 is 1.27 bits per heavy atom. The van der Waals surface area contributed by atoms with Crippen LogP contribution in [0.1, 0.15) is 36.2 Å². The highest BCUT2D eigenvalue weighted by molar-refractivity contribution is 5.93. The monoisotopic (exact) mass is 410 g/mol. The van der Waals surface area contributed by atoms with E-state index in [9.17, 15) is 14.9 Å². The van der Waals surface area contributed by atoms with Crippen molar-refractivity contribution < 1.29 is 14.3 Å². The Hall–Kier alpha value is -3.11. The lowest BCUT2D eigenvalue weighted by atomic mass is 10.1. The van der Waals surface area contributed by atoms with Gasteiger partial charge in [0.15, 0.2) is 0 Å². The molecule has 7 heteroatoms. The molecule has 1 amide bonds. The van der Waals surface area contributed by atoms with E-state index in [0.717, 1.165) is 16.8 Å². The molecule has 1 unspecified atom stereocenters. The van der Waals surface area contributed by atoms with Crippen LogP contribution in [0.3, 0.4) is 0 Å². The summed E-state index contributed by atoms with van der Waals surface area (Å²) in [5, 5.41) is 12.6. The maximum Gasteiger partial charge on any atom is 0.309 e. The Morgan fingerprint density at radius 3 is 2.50 bits per heavy atom. The Labute approximate surface area is 178 Å². The molecule has 2 aromatic rings. The van der Waals surface area contributed by atoms with Crippen LogP contribution in [-0.2, 0) is 20.9 Å². The average molecular weight is 411 g/mol. The molecular formula is C23H30N4O3. The quantitative estimate of drug-likeness (QED) is 0.642. The highest BCUT2D eigenvalue weighted by Gasteiger charge is 2.22. The Kier molecular flexibility index (Phi) is 8.19. The number of nitrogens with one attached hydrogen (secondary N) is 1. The molecule has 0 radical (unpaired) electrons. The van der Waals surface area contributed by atoms with Crippen LogP contribution < -0.4 is 5.32 Å². The summed E-state index contributed by atoms with van der Waals surface area (Å²) in [6, 6.07) is 12.1. The Bertz CT molecular complexity index is 928. The zero-order valence-electron chi connectivity index (χ0n) is 18.4. The molecule has 0 bridgehead atoms. The lowest BCUT2D eigenvalue weighted by molar-refractivity contribution is -0.145. The minimum absolute atomic E-state index is 0.122. The molecule has 1 aromatic heterocycles. The number of hydrogen-bond donors (Lipinski definition) is 1. The lowest BCUT2D eigenvalue weighted by Crippen LogP contribution is -2.38. The summed E-state index contributed by atoms with van der Waals surface area (Å²) in [5.74, 6) is -0.344. The van der Waals surface area contributed by atoms with E-state index in [2.05, 4.69) is 11.4 Å². The van der Waals surface area contributed by atoms with Crippen molar-refractivity contribution in [3.8, 4) is 6.07 Å². The van der Waals surface area contributed by atoms with Crippen LogP contribution in [0.25, 0.3) is 0 Å². The number of carbonyl (C=O) groups excluding carboxylic acids is 2. The number of amides is 1. The van der Waals surface area contributed by atoms with Gasteiger partial charge in [0.1, 0.15) is 11.9 Å². The van der Waals surface area contributed by atoms with Crippen molar-refractivity contribution in [3.63, 3.8) is 0 Å². The molecule has 0 aliphatic heterocycles. The van der Waals surface area contributed by atoms with E-state index in [-0.39, 0.29) is 24.3 Å². The summed E-state index contributed by atoms with van der Waals surface area (Å²) >= 11 is 0. The van der Waals surface area contributed by atoms with E-state index in [4.69, 9.17) is 4.74 Å². The smallest absolute Gasteiger partial charge is 0.309 e. The molecule has 0 fully saturated rings. The van der Waals surface area contributed by atoms with Gasteiger partial charge in [-0.3, -0.25) is 14.5 Å². The first-order valence-electron chi connectivity index (χ1n) is 10.1. The predicted octanol–water partition coefficient (Wildman–Crippen LogP) is 3.09. The summed E-state index contributed by atoms with van der Waals surface area (Å²) in [5.41, 5.74) is 3.35. The zero-order valence-corrected chi connectivity index (χ0v) is 18.4. The maximum absolute atomic E-state index is 12.8. The van der Waals surface area contributed by atoms with Gasteiger partial charge in [-0.05, 0) is 31.5 Å². The van der Waals surface area contributed by atoms with E-state index in [1.807, 2.05) is 60.6 Å². The molecule has 1 N–H and O–H groups in total. The highest BCUT2D eigenvalue weighted by atomic mass is 16.5. The molecule has 160 valence electrons. The number of esters is 1. The Balaban J connectivity index is 2.22. The van der Waals surface area contributed by atoms with Crippen LogP contribution >= 0.6 is 0 Å². The molecule has 0 aliphatic carbocycles. The number of carbonyl (C=O) groups is 2. The molecule has 2 rings (SSSR count). The van der Waals surface area contributed by atoms with Crippen LogP contribution in [0.4, 0.5) is 5.82 Å². The summed E-state index contributed by atoms with van der Waals surface area (Å²) in [6.07, 6.45) is 0. The van der Waals surface area contributed by atoms with Crippen LogP contribution in [0.15, 0.2) is 30.3 Å². The first kappa shape index (κ1) is 23.2. The van der Waals surface area contributed by atoms with Gasteiger partial charge in [-0.15, -0.1) is 0 Å². The van der Waals surface area contributed by atoms with Crippen molar-refractivity contribution in [2.75, 3.05) is 32.1 Å². The highest BCUT2D eigenvalue weighted by Crippen LogP contribution is 2.27. The number of nitrogens with zero attached hydrogens (tertiary/aromatic N) is 3. The largest absolute Gasteiger partial charge is 0.469 e. The first-order chi connectivity index (χ1) is 14.3. The van der Waals surface area contributed by atoms with Crippen molar-refractivity contribution in [1.82, 2.24) is 9.47 Å². The summed E-state index contributed by atoms with van der Waals surface area (Å²) in [4.78, 5) is 26.4. The minimum atomic E-state index is -0.330. The van der Waals surface area contributed by atoms with Crippen molar-refractivity contribution in [2.45, 2.75) is 34.2 Å². The number of nitriles is 1. The van der Waals surface area contributed by atoms with Gasteiger partial charge in [0, 0.05) is 18.8 Å². The molecule has 7 nitrogen and oxygen atoms in total. The second-order valence-electron chi connectivity index (χ2n) is 7.42. The van der Waals surface area contributed by atoms with Gasteiger partial charge >= 0.3 is 5.97 Å². The molecule has 0 aliphatic rings. The van der Waals surface area contributed by atoms with E-state index in [0.29, 0.717) is 31.0 Å². The van der Waals surface area contributed by atoms with E-state index < -0.39 is 0 Å². The summed E-state index contributed by atoms with van der Waals surface area (Å²) in [7, 11) is 1.36. The standard InChI is InChI=1S/C23H30N4O3/c1-6-26(13-16(2)23(29)30-5)15-21(28)25-22-20(12-24)17(3)18(4)27(22)14-19-10-8-7-9-11-19/h7-11,16H,6,13-15H2,1-5H3,(H,25,28). The van der Waals surface area contributed by atoms with Crippen molar-refractivity contribution in [3.05, 3.63) is 52.7 Å². The maximum atomic E-state index is 12.8. The van der Waals surface area contributed by atoms with E-state index in [1.165, 1.54) is 7.11 Å². The number of anilines is 1. The number of hydrogen-bond acceptors (Lipinski definition) is 5. The lowest BCUT2D eigenvalue weighted by Gasteiger charge is -2.23. The third-order valence-corrected chi connectivity index (χ3v) is 5.33. The second-order valence-corrected chi connectivity index (χ2v) is 7.42. The van der Waals surface area contributed by atoms with Crippen LogP contribution in [-0.4, -0.2) is 48.1 Å². The first-order valence-corrected chi connectivity index (χ1v) is 10.1. The summed E-state index contributed by atoms with van der Waals surface area (Å²) in [6.45, 7) is 9.27. The van der Waals surface area contributed by atoms with Gasteiger partial charge < -0.3 is 14.6 Å². The van der Waals surface area contributed by atoms with Crippen molar-refractivity contribution >= 4 is 17.7 Å². The number of aromatic nitrogens is 1. The SMILES string of the molecule is CCN(CC(=O)Nc1c(C#N)c(C)c(C)n1Cc1ccccc1)CC(C)C(=O)OC. The van der Waals surface area contributed by atoms with Gasteiger partial charge in [0.05, 0.1) is 25.1 Å². The molecule has 0 saturated carbocycles. The van der Waals surface area contributed by atoms with Crippen molar-refractivity contribution in [2.24, 2.45) is 5.92 Å². The molecule has 0 spiro atoms. The van der Waals surface area contributed by atoms with Crippen molar-refractivity contribution in [1.29, 1.82) is 5.26 Å².